The summed E-state index contributed by atoms with van der Waals surface area (Å²) in [7, 11) is 0. The van der Waals surface area contributed by atoms with Gasteiger partial charge in [0.2, 0.25) is 5.78 Å². The van der Waals surface area contributed by atoms with E-state index in [1.54, 1.807) is 38.1 Å². The van der Waals surface area contributed by atoms with Crippen LogP contribution in [0.5, 0.6) is 5.75 Å². The molecule has 0 saturated heterocycles. The summed E-state index contributed by atoms with van der Waals surface area (Å²) in [6, 6.07) is 5.90. The lowest BCUT2D eigenvalue weighted by Crippen LogP contribution is -2.32. The predicted molar refractivity (Wildman–Crippen MR) is 113 cm³/mol. The van der Waals surface area contributed by atoms with E-state index in [1.807, 2.05) is 6.92 Å². The lowest BCUT2D eigenvalue weighted by Gasteiger charge is -2.26. The first-order chi connectivity index (χ1) is 14.2. The average Bonchev–Trinajstić information content (AvgIpc) is 3.16. The first-order valence-electron chi connectivity index (χ1n) is 9.75. The number of ether oxygens (including phenoxy) is 1. The second-order valence-electron chi connectivity index (χ2n) is 7.16. The van der Waals surface area contributed by atoms with Crippen LogP contribution < -0.4 is 4.74 Å². The Hall–Kier alpha value is -3.00. The highest BCUT2D eigenvalue weighted by Crippen LogP contribution is 2.40. The Morgan fingerprint density at radius 3 is 2.43 bits per heavy atom. The number of unbranched alkanes of at least 4 members (excludes halogenated alkanes) is 1. The molecule has 0 spiro atoms. The minimum absolute atomic E-state index is 0.0584. The van der Waals surface area contributed by atoms with Crippen molar-refractivity contribution >= 4 is 29.0 Å². The predicted octanol–water partition coefficient (Wildman–Crippen LogP) is 4.06. The Labute approximate surface area is 179 Å². The molecule has 30 heavy (non-hydrogen) atoms. The Kier molecular flexibility index (Phi) is 6.36. The van der Waals surface area contributed by atoms with E-state index >= 15 is 0 Å². The van der Waals surface area contributed by atoms with E-state index in [0.717, 1.165) is 17.8 Å². The number of aliphatic hydroxyl groups is 1. The van der Waals surface area contributed by atoms with Crippen molar-refractivity contribution in [2.24, 2.45) is 0 Å². The minimum Gasteiger partial charge on any atom is -0.503 e. The van der Waals surface area contributed by atoms with Gasteiger partial charge in [-0.25, -0.2) is 4.98 Å². The fourth-order valence-corrected chi connectivity index (χ4v) is 4.41. The van der Waals surface area contributed by atoms with Crippen LogP contribution in [-0.4, -0.2) is 39.2 Å². The summed E-state index contributed by atoms with van der Waals surface area (Å²) in [5.41, 5.74) is 1.29. The smallest absolute Gasteiger partial charge is 0.308 e. The number of hydrogen-bond acceptors (Lipinski definition) is 7. The molecule has 0 fully saturated rings. The third kappa shape index (κ3) is 4.14. The highest BCUT2D eigenvalue weighted by Gasteiger charge is 2.44. The van der Waals surface area contributed by atoms with Crippen LogP contribution in [-0.2, 0) is 9.59 Å². The SMILES string of the molecule is CCCCN1C(=O)C(O)=C(C(=O)c2sc(C)nc2C)C1c1ccc(OC(C)=O)cc1. The fourth-order valence-electron chi connectivity index (χ4n) is 3.54. The summed E-state index contributed by atoms with van der Waals surface area (Å²) in [6.07, 6.45) is 1.60. The molecule has 158 valence electrons. The fraction of sp³-hybridized carbons (Fsp3) is 0.364. The largest absolute Gasteiger partial charge is 0.503 e. The average molecular weight is 429 g/mol. The third-order valence-corrected chi connectivity index (χ3v) is 5.94. The quantitative estimate of drug-likeness (QED) is 0.406. The Morgan fingerprint density at radius 1 is 1.23 bits per heavy atom. The van der Waals surface area contributed by atoms with E-state index in [9.17, 15) is 19.5 Å². The lowest BCUT2D eigenvalue weighted by atomic mass is 9.95. The molecule has 7 nitrogen and oxygen atoms in total. The summed E-state index contributed by atoms with van der Waals surface area (Å²) in [4.78, 5) is 43.6. The summed E-state index contributed by atoms with van der Waals surface area (Å²) in [5, 5.41) is 11.4. The first kappa shape index (κ1) is 21.7. The zero-order valence-electron chi connectivity index (χ0n) is 17.4. The number of carbonyl (C=O) groups excluding carboxylic acids is 3. The number of benzene rings is 1. The first-order valence-corrected chi connectivity index (χ1v) is 10.6. The van der Waals surface area contributed by atoms with Crippen molar-refractivity contribution in [3.63, 3.8) is 0 Å². The molecular weight excluding hydrogens is 404 g/mol. The van der Waals surface area contributed by atoms with Gasteiger partial charge in [0.05, 0.1) is 27.2 Å². The monoisotopic (exact) mass is 428 g/mol. The maximum atomic E-state index is 13.4. The second-order valence-corrected chi connectivity index (χ2v) is 8.36. The molecule has 2 aromatic rings. The molecule has 2 heterocycles. The molecule has 1 aromatic carbocycles. The number of Topliss-reactive ketones (excluding diaryl/α,β-unsaturated/α-hetero) is 1. The van der Waals surface area contributed by atoms with Crippen LogP contribution >= 0.6 is 11.3 Å². The van der Waals surface area contributed by atoms with Crippen LogP contribution in [0.4, 0.5) is 0 Å². The van der Waals surface area contributed by atoms with E-state index in [1.165, 1.54) is 23.2 Å². The molecule has 3 rings (SSSR count). The van der Waals surface area contributed by atoms with Crippen LogP contribution in [0, 0.1) is 13.8 Å². The normalized spacial score (nSPS) is 16.3. The molecule has 1 aliphatic heterocycles. The van der Waals surface area contributed by atoms with E-state index < -0.39 is 29.5 Å². The molecule has 0 aliphatic carbocycles. The van der Waals surface area contributed by atoms with Crippen LogP contribution in [0.3, 0.4) is 0 Å². The number of nitrogens with zero attached hydrogens (tertiary/aromatic N) is 2. The Bertz CT molecular complexity index is 1020. The van der Waals surface area contributed by atoms with Gasteiger partial charge in [-0.2, -0.15) is 0 Å². The Balaban J connectivity index is 2.05. The van der Waals surface area contributed by atoms with Crippen molar-refractivity contribution < 1.29 is 24.2 Å². The molecule has 1 aromatic heterocycles. The van der Waals surface area contributed by atoms with E-state index in [-0.39, 0.29) is 5.57 Å². The van der Waals surface area contributed by atoms with Crippen molar-refractivity contribution in [2.75, 3.05) is 6.54 Å². The van der Waals surface area contributed by atoms with Crippen molar-refractivity contribution in [2.45, 2.75) is 46.6 Å². The molecule has 1 amide bonds. The van der Waals surface area contributed by atoms with Gasteiger partial charge in [0.15, 0.2) is 5.76 Å². The number of hydrogen-bond donors (Lipinski definition) is 1. The number of ketones is 1. The number of aromatic nitrogens is 1. The topological polar surface area (TPSA) is 96.8 Å². The van der Waals surface area contributed by atoms with Crippen LogP contribution in [0.2, 0.25) is 0 Å². The van der Waals surface area contributed by atoms with Gasteiger partial charge in [0, 0.05) is 13.5 Å². The van der Waals surface area contributed by atoms with Gasteiger partial charge in [-0.05, 0) is 38.0 Å². The van der Waals surface area contributed by atoms with Crippen molar-refractivity contribution in [1.29, 1.82) is 0 Å². The van der Waals surface area contributed by atoms with Crippen LogP contribution in [0.15, 0.2) is 35.6 Å². The van der Waals surface area contributed by atoms with Crippen LogP contribution in [0.25, 0.3) is 0 Å². The zero-order valence-corrected chi connectivity index (χ0v) is 18.2. The number of amides is 1. The summed E-state index contributed by atoms with van der Waals surface area (Å²) >= 11 is 1.24. The Morgan fingerprint density at radius 2 is 1.90 bits per heavy atom. The van der Waals surface area contributed by atoms with Crippen molar-refractivity contribution in [3.05, 3.63) is 56.7 Å². The zero-order chi connectivity index (χ0) is 22.0. The van der Waals surface area contributed by atoms with Crippen LogP contribution in [0.1, 0.15) is 58.7 Å². The van der Waals surface area contributed by atoms with Crippen molar-refractivity contribution in [3.8, 4) is 5.75 Å². The van der Waals surface area contributed by atoms with Gasteiger partial charge in [0.1, 0.15) is 5.75 Å². The van der Waals surface area contributed by atoms with Gasteiger partial charge < -0.3 is 14.7 Å². The van der Waals surface area contributed by atoms with Gasteiger partial charge in [-0.3, -0.25) is 14.4 Å². The molecular formula is C22H24N2O5S. The maximum Gasteiger partial charge on any atom is 0.308 e. The number of aliphatic hydroxyl groups excluding tert-OH is 1. The molecule has 1 unspecified atom stereocenters. The highest BCUT2D eigenvalue weighted by atomic mass is 32.1. The van der Waals surface area contributed by atoms with Gasteiger partial charge in [0.25, 0.3) is 5.91 Å². The third-order valence-electron chi connectivity index (χ3n) is 4.87. The summed E-state index contributed by atoms with van der Waals surface area (Å²) in [5.74, 6) is -1.54. The highest BCUT2D eigenvalue weighted by molar-refractivity contribution is 7.14. The molecule has 1 N–H and O–H groups in total. The maximum absolute atomic E-state index is 13.4. The number of rotatable bonds is 7. The molecule has 1 aliphatic rings. The van der Waals surface area contributed by atoms with Crippen molar-refractivity contribution in [1.82, 2.24) is 9.88 Å². The number of thiazole rings is 1. The van der Waals surface area contributed by atoms with E-state index in [2.05, 4.69) is 4.98 Å². The standard InChI is InChI=1S/C22H24N2O5S/c1-5-6-11-24-18(15-7-9-16(10-8-15)29-14(4)25)17(20(27)22(24)28)19(26)21-12(2)23-13(3)30-21/h7-10,18,27H,5-6,11H2,1-4H3. The lowest BCUT2D eigenvalue weighted by molar-refractivity contribution is -0.132. The molecule has 0 saturated carbocycles. The minimum atomic E-state index is -0.718. The number of aryl methyl sites for hydroxylation is 2. The van der Waals surface area contributed by atoms with Gasteiger partial charge in [-0.15, -0.1) is 11.3 Å². The number of carbonyl (C=O) groups is 3. The molecule has 0 bridgehead atoms. The molecule has 0 radical (unpaired) electrons. The molecule has 8 heteroatoms. The van der Waals surface area contributed by atoms with E-state index in [4.69, 9.17) is 4.74 Å². The molecule has 1 atom stereocenters. The van der Waals surface area contributed by atoms with Gasteiger partial charge >= 0.3 is 5.97 Å². The summed E-state index contributed by atoms with van der Waals surface area (Å²) in [6.45, 7) is 7.27. The number of esters is 1. The van der Waals surface area contributed by atoms with Gasteiger partial charge in [-0.1, -0.05) is 25.5 Å². The second kappa shape index (κ2) is 8.79. The summed E-state index contributed by atoms with van der Waals surface area (Å²) < 4.78 is 5.07. The van der Waals surface area contributed by atoms with E-state index in [0.29, 0.717) is 28.4 Å².